The van der Waals surface area contributed by atoms with Gasteiger partial charge in [-0.1, -0.05) is 18.6 Å². The van der Waals surface area contributed by atoms with Crippen LogP contribution in [0.1, 0.15) is 27.2 Å². The Kier molecular flexibility index (Phi) is 4.41. The summed E-state index contributed by atoms with van der Waals surface area (Å²) < 4.78 is 5.13. The van der Waals surface area contributed by atoms with Crippen molar-refractivity contribution in [3.8, 4) is 0 Å². The van der Waals surface area contributed by atoms with Crippen molar-refractivity contribution in [1.29, 1.82) is 0 Å². The van der Waals surface area contributed by atoms with E-state index in [9.17, 15) is 0 Å². The van der Waals surface area contributed by atoms with Gasteiger partial charge >= 0.3 is 0 Å². The van der Waals surface area contributed by atoms with E-state index in [1.54, 1.807) is 7.11 Å². The smallest absolute Gasteiger partial charge is 0.0751 e. The molecule has 0 aliphatic carbocycles. The summed E-state index contributed by atoms with van der Waals surface area (Å²) in [7, 11) is 1.74. The Morgan fingerprint density at radius 3 is 2.22 bits per heavy atom. The van der Waals surface area contributed by atoms with Crippen molar-refractivity contribution < 1.29 is 4.74 Å². The second-order valence-corrected chi connectivity index (χ2v) is 2.43. The highest BCUT2D eigenvalue weighted by Gasteiger charge is 1.96. The predicted octanol–water partition coefficient (Wildman–Crippen LogP) is 2.38. The summed E-state index contributed by atoms with van der Waals surface area (Å²) in [5.41, 5.74) is 1.32. The lowest BCUT2D eigenvalue weighted by molar-refractivity contribution is 0.137. The fourth-order valence-electron chi connectivity index (χ4n) is 0.724. The summed E-state index contributed by atoms with van der Waals surface area (Å²) in [4.78, 5) is 0. The van der Waals surface area contributed by atoms with E-state index < -0.39 is 0 Å². The maximum atomic E-state index is 5.13. The summed E-state index contributed by atoms with van der Waals surface area (Å²) in [5, 5.41) is 0. The zero-order valence-corrected chi connectivity index (χ0v) is 6.77. The van der Waals surface area contributed by atoms with Crippen molar-refractivity contribution in [1.82, 2.24) is 0 Å². The number of methoxy groups -OCH3 is 1. The average molecular weight is 128 g/mol. The van der Waals surface area contributed by atoms with Crippen LogP contribution < -0.4 is 0 Å². The average Bonchev–Trinajstić information content (AvgIpc) is 1.82. The van der Waals surface area contributed by atoms with Gasteiger partial charge in [-0.05, 0) is 20.3 Å². The molecule has 0 N–H and O–H groups in total. The third-order valence-corrected chi connectivity index (χ3v) is 1.22. The molecule has 0 rings (SSSR count). The standard InChI is InChI=1S/C8H16O/c1-5-8(9-4)6-7(2)3/h6,8H,5H2,1-4H3. The minimum absolute atomic E-state index is 0.315. The van der Waals surface area contributed by atoms with Gasteiger partial charge in [0.15, 0.2) is 0 Å². The zero-order chi connectivity index (χ0) is 7.28. The number of hydrogen-bond acceptors (Lipinski definition) is 1. The Morgan fingerprint density at radius 2 is 2.11 bits per heavy atom. The Morgan fingerprint density at radius 1 is 1.56 bits per heavy atom. The highest BCUT2D eigenvalue weighted by Crippen LogP contribution is 2.01. The number of ether oxygens (including phenoxy) is 1. The second kappa shape index (κ2) is 4.57. The molecular weight excluding hydrogens is 112 g/mol. The lowest BCUT2D eigenvalue weighted by Gasteiger charge is -2.06. The number of rotatable bonds is 3. The molecule has 1 unspecified atom stereocenters. The molecule has 0 aromatic carbocycles. The molecule has 0 radical (unpaired) electrons. The molecule has 1 nitrogen and oxygen atoms in total. The zero-order valence-electron chi connectivity index (χ0n) is 6.77. The molecule has 0 saturated carbocycles. The fraction of sp³-hybridized carbons (Fsp3) is 0.750. The molecule has 1 heteroatoms. The van der Waals surface area contributed by atoms with E-state index in [0.29, 0.717) is 6.10 Å². The van der Waals surface area contributed by atoms with E-state index >= 15 is 0 Å². The third-order valence-electron chi connectivity index (χ3n) is 1.22. The Hall–Kier alpha value is -0.300. The van der Waals surface area contributed by atoms with Crippen LogP contribution in [-0.4, -0.2) is 13.2 Å². The lowest BCUT2D eigenvalue weighted by atomic mass is 10.2. The number of hydrogen-bond donors (Lipinski definition) is 0. The van der Waals surface area contributed by atoms with E-state index in [0.717, 1.165) is 6.42 Å². The van der Waals surface area contributed by atoms with E-state index in [4.69, 9.17) is 4.74 Å². The summed E-state index contributed by atoms with van der Waals surface area (Å²) in [5.74, 6) is 0. The Balaban J connectivity index is 3.68. The molecule has 0 aromatic rings. The summed E-state index contributed by atoms with van der Waals surface area (Å²) in [6.07, 6.45) is 3.51. The first-order valence-electron chi connectivity index (χ1n) is 3.38. The second-order valence-electron chi connectivity index (χ2n) is 2.43. The molecule has 0 aliphatic rings. The van der Waals surface area contributed by atoms with Gasteiger partial charge < -0.3 is 4.74 Å². The molecule has 0 fully saturated rings. The molecule has 0 amide bonds. The molecule has 0 aromatic heterocycles. The molecule has 0 spiro atoms. The van der Waals surface area contributed by atoms with Crippen LogP contribution in [0, 0.1) is 0 Å². The van der Waals surface area contributed by atoms with Crippen LogP contribution in [0.3, 0.4) is 0 Å². The van der Waals surface area contributed by atoms with Crippen LogP contribution in [0.5, 0.6) is 0 Å². The molecule has 0 aliphatic heterocycles. The largest absolute Gasteiger partial charge is 0.377 e. The van der Waals surface area contributed by atoms with Crippen molar-refractivity contribution in [2.75, 3.05) is 7.11 Å². The third kappa shape index (κ3) is 4.22. The minimum atomic E-state index is 0.315. The quantitative estimate of drug-likeness (QED) is 0.530. The maximum absolute atomic E-state index is 5.13. The van der Waals surface area contributed by atoms with E-state index in [-0.39, 0.29) is 0 Å². The fourth-order valence-corrected chi connectivity index (χ4v) is 0.724. The van der Waals surface area contributed by atoms with Gasteiger partial charge in [0.05, 0.1) is 6.10 Å². The number of allylic oxidation sites excluding steroid dienone is 1. The van der Waals surface area contributed by atoms with Crippen molar-refractivity contribution in [3.63, 3.8) is 0 Å². The van der Waals surface area contributed by atoms with E-state index in [1.165, 1.54) is 5.57 Å². The maximum Gasteiger partial charge on any atom is 0.0751 e. The van der Waals surface area contributed by atoms with Crippen LogP contribution in [-0.2, 0) is 4.74 Å². The van der Waals surface area contributed by atoms with Crippen LogP contribution in [0.4, 0.5) is 0 Å². The molecule has 54 valence electrons. The van der Waals surface area contributed by atoms with Gasteiger partial charge in [-0.2, -0.15) is 0 Å². The van der Waals surface area contributed by atoms with Gasteiger partial charge in [-0.25, -0.2) is 0 Å². The highest BCUT2D eigenvalue weighted by molar-refractivity contribution is 4.97. The normalized spacial score (nSPS) is 12.9. The minimum Gasteiger partial charge on any atom is -0.377 e. The van der Waals surface area contributed by atoms with Gasteiger partial charge in [-0.3, -0.25) is 0 Å². The SMILES string of the molecule is CCC(C=C(C)C)OC. The van der Waals surface area contributed by atoms with Gasteiger partial charge in [-0.15, -0.1) is 0 Å². The first-order valence-corrected chi connectivity index (χ1v) is 3.38. The monoisotopic (exact) mass is 128 g/mol. The van der Waals surface area contributed by atoms with Crippen LogP contribution in [0.2, 0.25) is 0 Å². The van der Waals surface area contributed by atoms with Gasteiger partial charge in [0.1, 0.15) is 0 Å². The van der Waals surface area contributed by atoms with Gasteiger partial charge in [0, 0.05) is 7.11 Å². The van der Waals surface area contributed by atoms with E-state index in [1.807, 2.05) is 0 Å². The van der Waals surface area contributed by atoms with Crippen molar-refractivity contribution >= 4 is 0 Å². The van der Waals surface area contributed by atoms with E-state index in [2.05, 4.69) is 26.8 Å². The summed E-state index contributed by atoms with van der Waals surface area (Å²) in [6.45, 7) is 6.29. The molecule has 0 saturated heterocycles. The van der Waals surface area contributed by atoms with Crippen molar-refractivity contribution in [2.24, 2.45) is 0 Å². The lowest BCUT2D eigenvalue weighted by Crippen LogP contribution is -2.04. The molecular formula is C8H16O. The first kappa shape index (κ1) is 8.70. The molecule has 0 bridgehead atoms. The Bertz CT molecular complexity index is 86.7. The highest BCUT2D eigenvalue weighted by atomic mass is 16.5. The van der Waals surface area contributed by atoms with Crippen LogP contribution in [0.25, 0.3) is 0 Å². The summed E-state index contributed by atoms with van der Waals surface area (Å²) in [6, 6.07) is 0. The first-order chi connectivity index (χ1) is 4.20. The summed E-state index contributed by atoms with van der Waals surface area (Å²) >= 11 is 0. The van der Waals surface area contributed by atoms with Crippen molar-refractivity contribution in [3.05, 3.63) is 11.6 Å². The van der Waals surface area contributed by atoms with Gasteiger partial charge in [0.25, 0.3) is 0 Å². The topological polar surface area (TPSA) is 9.23 Å². The molecule has 9 heavy (non-hydrogen) atoms. The predicted molar refractivity (Wildman–Crippen MR) is 40.5 cm³/mol. The van der Waals surface area contributed by atoms with Gasteiger partial charge in [0.2, 0.25) is 0 Å². The van der Waals surface area contributed by atoms with Crippen LogP contribution >= 0.6 is 0 Å². The van der Waals surface area contributed by atoms with Crippen LogP contribution in [0.15, 0.2) is 11.6 Å². The molecule has 0 heterocycles. The Labute approximate surface area is 57.7 Å². The van der Waals surface area contributed by atoms with Crippen molar-refractivity contribution in [2.45, 2.75) is 33.3 Å². The molecule has 1 atom stereocenters.